The van der Waals surface area contributed by atoms with Gasteiger partial charge < -0.3 is 10.5 Å². The van der Waals surface area contributed by atoms with Gasteiger partial charge in [0.1, 0.15) is 0 Å². The summed E-state index contributed by atoms with van der Waals surface area (Å²) in [7, 11) is 0. The van der Waals surface area contributed by atoms with E-state index in [1.54, 1.807) is 6.92 Å². The van der Waals surface area contributed by atoms with Crippen molar-refractivity contribution in [2.45, 2.75) is 32.2 Å². The molecule has 1 aliphatic carbocycles. The van der Waals surface area contributed by atoms with Crippen molar-refractivity contribution < 1.29 is 13.9 Å². The number of ether oxygens (including phenoxy) is 1. The molecule has 1 fully saturated rings. The summed E-state index contributed by atoms with van der Waals surface area (Å²) in [6, 6.07) is 0.263. The third-order valence-corrected chi connectivity index (χ3v) is 2.37. The summed E-state index contributed by atoms with van der Waals surface area (Å²) >= 11 is 0. The number of nitrogens with two attached hydrogens (primary N) is 1. The molecule has 0 radical (unpaired) electrons. The molecule has 0 heterocycles. The van der Waals surface area contributed by atoms with Gasteiger partial charge in [-0.15, -0.1) is 0 Å². The van der Waals surface area contributed by atoms with Crippen molar-refractivity contribution in [2.24, 2.45) is 11.7 Å². The first-order valence-corrected chi connectivity index (χ1v) is 4.91. The lowest BCUT2D eigenvalue weighted by Crippen LogP contribution is -2.35. The van der Waals surface area contributed by atoms with Crippen molar-refractivity contribution in [2.75, 3.05) is 6.61 Å². The van der Waals surface area contributed by atoms with Gasteiger partial charge in [-0.25, -0.2) is 4.79 Å². The molecule has 0 aliphatic heterocycles. The maximum absolute atomic E-state index is 13.0. The molecule has 1 rings (SSSR count). The summed E-state index contributed by atoms with van der Waals surface area (Å²) in [5.41, 5.74) is 5.58. The van der Waals surface area contributed by atoms with Crippen LogP contribution in [0, 0.1) is 5.92 Å². The molecular formula is C10H16FNO2. The average molecular weight is 201 g/mol. The van der Waals surface area contributed by atoms with E-state index in [1.807, 2.05) is 0 Å². The van der Waals surface area contributed by atoms with Crippen LogP contribution in [0.1, 0.15) is 26.2 Å². The Kier molecular flexibility index (Phi) is 4.07. The number of rotatable bonds is 4. The molecule has 0 aromatic carbocycles. The molecule has 14 heavy (non-hydrogen) atoms. The molecule has 0 saturated heterocycles. The van der Waals surface area contributed by atoms with Gasteiger partial charge in [0.05, 0.1) is 6.61 Å². The molecule has 2 N–H and O–H groups in total. The number of carbonyl (C=O) groups excluding carboxylic acids is 1. The lowest BCUT2D eigenvalue weighted by atomic mass is 9.79. The highest BCUT2D eigenvalue weighted by molar-refractivity contribution is 5.85. The maximum Gasteiger partial charge on any atom is 0.366 e. The second-order valence-electron chi connectivity index (χ2n) is 3.61. The molecule has 0 aromatic rings. The van der Waals surface area contributed by atoms with Gasteiger partial charge in [-0.2, -0.15) is 4.39 Å². The molecule has 3 nitrogen and oxygen atoms in total. The number of halogens is 1. The van der Waals surface area contributed by atoms with Gasteiger partial charge in [0.15, 0.2) is 0 Å². The minimum Gasteiger partial charge on any atom is -0.461 e. The van der Waals surface area contributed by atoms with Gasteiger partial charge >= 0.3 is 5.97 Å². The Hall–Kier alpha value is -0.900. The quantitative estimate of drug-likeness (QED) is 0.554. The number of hydrogen-bond acceptors (Lipinski definition) is 3. The van der Waals surface area contributed by atoms with Crippen molar-refractivity contribution in [3.05, 3.63) is 11.9 Å². The van der Waals surface area contributed by atoms with Gasteiger partial charge in [-0.3, -0.25) is 0 Å². The highest BCUT2D eigenvalue weighted by Gasteiger charge is 2.25. The van der Waals surface area contributed by atoms with Crippen molar-refractivity contribution in [1.29, 1.82) is 0 Å². The lowest BCUT2D eigenvalue weighted by Gasteiger charge is -2.31. The van der Waals surface area contributed by atoms with Crippen LogP contribution in [0.3, 0.4) is 0 Å². The van der Waals surface area contributed by atoms with E-state index < -0.39 is 11.8 Å². The predicted octanol–water partition coefficient (Wildman–Crippen LogP) is 1.53. The first kappa shape index (κ1) is 11.2. The fourth-order valence-electron chi connectivity index (χ4n) is 1.53. The Morgan fingerprint density at radius 3 is 2.79 bits per heavy atom. The summed E-state index contributed by atoms with van der Waals surface area (Å²) in [6.45, 7) is 1.85. The van der Waals surface area contributed by atoms with Crippen LogP contribution in [0.2, 0.25) is 0 Å². The Bertz CT molecular complexity index is 234. The Labute approximate surface area is 83.1 Å². The average Bonchev–Trinajstić information content (AvgIpc) is 2.10. The minimum absolute atomic E-state index is 0.203. The summed E-state index contributed by atoms with van der Waals surface area (Å²) in [5.74, 6) is -1.21. The smallest absolute Gasteiger partial charge is 0.366 e. The van der Waals surface area contributed by atoms with Crippen molar-refractivity contribution in [3.8, 4) is 0 Å². The molecule has 0 aromatic heterocycles. The van der Waals surface area contributed by atoms with Gasteiger partial charge in [-0.05, 0) is 38.2 Å². The van der Waals surface area contributed by atoms with E-state index in [4.69, 9.17) is 5.73 Å². The fourth-order valence-corrected chi connectivity index (χ4v) is 1.53. The second kappa shape index (κ2) is 5.10. The summed E-state index contributed by atoms with van der Waals surface area (Å²) in [6.07, 6.45) is 3.73. The number of esters is 1. The van der Waals surface area contributed by atoms with Gasteiger partial charge in [0, 0.05) is 6.04 Å². The van der Waals surface area contributed by atoms with E-state index in [-0.39, 0.29) is 12.6 Å². The normalized spacial score (nSPS) is 26.9. The van der Waals surface area contributed by atoms with Gasteiger partial charge in [0.25, 0.3) is 0 Å². The lowest BCUT2D eigenvalue weighted by molar-refractivity contribution is -0.140. The molecular weight excluding hydrogens is 185 g/mol. The monoisotopic (exact) mass is 201 g/mol. The van der Waals surface area contributed by atoms with Crippen molar-refractivity contribution >= 4 is 5.97 Å². The highest BCUT2D eigenvalue weighted by atomic mass is 19.1. The van der Waals surface area contributed by atoms with Gasteiger partial charge in [0.2, 0.25) is 5.83 Å². The van der Waals surface area contributed by atoms with Crippen LogP contribution in [0.15, 0.2) is 11.9 Å². The molecule has 0 atom stereocenters. The van der Waals surface area contributed by atoms with Crippen molar-refractivity contribution in [1.82, 2.24) is 0 Å². The van der Waals surface area contributed by atoms with E-state index in [1.165, 1.54) is 6.08 Å². The van der Waals surface area contributed by atoms with Crippen LogP contribution in [0.25, 0.3) is 0 Å². The van der Waals surface area contributed by atoms with Gasteiger partial charge in [-0.1, -0.05) is 0 Å². The molecule has 4 heteroatoms. The first-order valence-electron chi connectivity index (χ1n) is 4.91. The van der Waals surface area contributed by atoms with Crippen molar-refractivity contribution in [3.63, 3.8) is 0 Å². The zero-order valence-corrected chi connectivity index (χ0v) is 8.33. The predicted molar refractivity (Wildman–Crippen MR) is 51.1 cm³/mol. The fraction of sp³-hybridized carbons (Fsp3) is 0.700. The summed E-state index contributed by atoms with van der Waals surface area (Å²) < 4.78 is 17.5. The zero-order chi connectivity index (χ0) is 10.6. The third kappa shape index (κ3) is 3.10. The summed E-state index contributed by atoms with van der Waals surface area (Å²) in [5, 5.41) is 0. The van der Waals surface area contributed by atoms with E-state index in [0.717, 1.165) is 12.8 Å². The molecule has 0 spiro atoms. The minimum atomic E-state index is -0.865. The number of hydrogen-bond donors (Lipinski definition) is 1. The standard InChI is InChI=1S/C10H16FNO2/c1-2-14-10(13)9(11)4-3-7-5-8(12)6-7/h4,7-8H,2-3,5-6,12H2,1H3/b9-4-. The van der Waals surface area contributed by atoms with Crippen LogP contribution < -0.4 is 5.73 Å². The molecule has 0 amide bonds. The van der Waals surface area contributed by atoms with Crippen LogP contribution in [-0.2, 0) is 9.53 Å². The summed E-state index contributed by atoms with van der Waals surface area (Å²) in [4.78, 5) is 10.8. The van der Waals surface area contributed by atoms with Crippen LogP contribution in [-0.4, -0.2) is 18.6 Å². The number of allylic oxidation sites excluding steroid dienone is 1. The molecule has 0 bridgehead atoms. The molecule has 0 unspecified atom stereocenters. The SMILES string of the molecule is CCOC(=O)/C(F)=C/CC1CC(N)C1. The topological polar surface area (TPSA) is 52.3 Å². The molecule has 1 saturated carbocycles. The zero-order valence-electron chi connectivity index (χ0n) is 8.33. The van der Waals surface area contributed by atoms with Crippen LogP contribution >= 0.6 is 0 Å². The Morgan fingerprint density at radius 2 is 2.29 bits per heavy atom. The van der Waals surface area contributed by atoms with Crippen LogP contribution in [0.4, 0.5) is 4.39 Å². The van der Waals surface area contributed by atoms with E-state index in [0.29, 0.717) is 12.3 Å². The second-order valence-corrected chi connectivity index (χ2v) is 3.61. The van der Waals surface area contributed by atoms with E-state index in [2.05, 4.69) is 4.74 Å². The molecule has 80 valence electrons. The number of carbonyl (C=O) groups is 1. The van der Waals surface area contributed by atoms with Crippen LogP contribution in [0.5, 0.6) is 0 Å². The Balaban J connectivity index is 2.26. The molecule has 1 aliphatic rings. The Morgan fingerprint density at radius 1 is 1.64 bits per heavy atom. The maximum atomic E-state index is 13.0. The van der Waals surface area contributed by atoms with E-state index >= 15 is 0 Å². The first-order chi connectivity index (χ1) is 6.63. The highest BCUT2D eigenvalue weighted by Crippen LogP contribution is 2.29. The van der Waals surface area contributed by atoms with E-state index in [9.17, 15) is 9.18 Å². The third-order valence-electron chi connectivity index (χ3n) is 2.37. The largest absolute Gasteiger partial charge is 0.461 e.